The van der Waals surface area contributed by atoms with Gasteiger partial charge in [-0.1, -0.05) is 12.1 Å². The van der Waals surface area contributed by atoms with Crippen molar-refractivity contribution in [3.8, 4) is 0 Å². The predicted molar refractivity (Wildman–Crippen MR) is 92.1 cm³/mol. The molecule has 1 fully saturated rings. The first-order valence-electron chi connectivity index (χ1n) is 8.18. The highest BCUT2D eigenvalue weighted by molar-refractivity contribution is 5.90. The third-order valence-corrected chi connectivity index (χ3v) is 4.48. The zero-order chi connectivity index (χ0) is 16.7. The third-order valence-electron chi connectivity index (χ3n) is 4.48. The Labute approximate surface area is 139 Å². The van der Waals surface area contributed by atoms with Gasteiger partial charge in [0.2, 0.25) is 0 Å². The van der Waals surface area contributed by atoms with Crippen molar-refractivity contribution in [3.05, 3.63) is 42.0 Å². The van der Waals surface area contributed by atoms with Crippen LogP contribution in [-0.4, -0.2) is 43.8 Å². The molecule has 0 atom stereocenters. The van der Waals surface area contributed by atoms with E-state index in [1.165, 1.54) is 0 Å². The molecule has 3 heterocycles. The number of fused-ring (bicyclic) bond motifs is 1. The normalized spacial score (nSPS) is 14.8. The van der Waals surface area contributed by atoms with E-state index in [2.05, 4.69) is 20.4 Å². The summed E-state index contributed by atoms with van der Waals surface area (Å²) in [6.45, 7) is 6.05. The minimum Gasteiger partial charge on any atom is -0.342 e. The summed E-state index contributed by atoms with van der Waals surface area (Å²) >= 11 is 0. The Morgan fingerprint density at radius 2 is 2.17 bits per heavy atom. The Morgan fingerprint density at radius 1 is 1.38 bits per heavy atom. The lowest BCUT2D eigenvalue weighted by Crippen LogP contribution is -2.50. The fraction of sp³-hybridized carbons (Fsp3) is 0.353. The molecular weight excluding hydrogens is 304 g/mol. The van der Waals surface area contributed by atoms with E-state index >= 15 is 0 Å². The van der Waals surface area contributed by atoms with Gasteiger partial charge in [-0.3, -0.25) is 4.68 Å². The molecule has 7 nitrogen and oxygen atoms in total. The van der Waals surface area contributed by atoms with Crippen LogP contribution < -0.4 is 5.32 Å². The SMILES string of the molecule is CCn1cc(NC(=O)N2CC(c3nc4ccccc4[nH]3)C2)c(C)n1. The molecule has 2 amide bonds. The van der Waals surface area contributed by atoms with Crippen molar-refractivity contribution >= 4 is 22.8 Å². The lowest BCUT2D eigenvalue weighted by Gasteiger charge is -2.37. The summed E-state index contributed by atoms with van der Waals surface area (Å²) < 4.78 is 1.82. The molecule has 0 bridgehead atoms. The summed E-state index contributed by atoms with van der Waals surface area (Å²) in [5.74, 6) is 1.22. The quantitative estimate of drug-likeness (QED) is 0.777. The van der Waals surface area contributed by atoms with Crippen LogP contribution in [-0.2, 0) is 6.54 Å². The smallest absolute Gasteiger partial charge is 0.321 e. The van der Waals surface area contributed by atoms with Gasteiger partial charge in [-0.25, -0.2) is 9.78 Å². The van der Waals surface area contributed by atoms with E-state index < -0.39 is 0 Å². The number of amides is 2. The molecule has 3 aromatic rings. The van der Waals surface area contributed by atoms with Crippen molar-refractivity contribution in [1.82, 2.24) is 24.6 Å². The Balaban J connectivity index is 1.39. The molecule has 2 N–H and O–H groups in total. The molecular formula is C17H20N6O. The third kappa shape index (κ3) is 2.51. The number of aromatic nitrogens is 4. The first kappa shape index (κ1) is 14.7. The van der Waals surface area contributed by atoms with Crippen LogP contribution in [0.5, 0.6) is 0 Å². The summed E-state index contributed by atoms with van der Waals surface area (Å²) in [7, 11) is 0. The van der Waals surface area contributed by atoms with Crippen LogP contribution in [0.4, 0.5) is 10.5 Å². The van der Waals surface area contributed by atoms with Crippen LogP contribution in [0.25, 0.3) is 11.0 Å². The van der Waals surface area contributed by atoms with Crippen LogP contribution in [0, 0.1) is 6.92 Å². The number of carbonyl (C=O) groups is 1. The zero-order valence-corrected chi connectivity index (χ0v) is 13.8. The number of urea groups is 1. The number of benzene rings is 1. The summed E-state index contributed by atoms with van der Waals surface area (Å²) in [5.41, 5.74) is 3.62. The lowest BCUT2D eigenvalue weighted by molar-refractivity contribution is 0.161. The summed E-state index contributed by atoms with van der Waals surface area (Å²) in [6, 6.07) is 7.90. The molecule has 1 aromatic carbocycles. The van der Waals surface area contributed by atoms with Gasteiger partial charge in [0.25, 0.3) is 0 Å². The fourth-order valence-electron chi connectivity index (χ4n) is 2.98. The maximum absolute atomic E-state index is 12.3. The number of hydrogen-bond donors (Lipinski definition) is 2. The fourth-order valence-corrected chi connectivity index (χ4v) is 2.98. The molecule has 24 heavy (non-hydrogen) atoms. The van der Waals surface area contributed by atoms with E-state index in [9.17, 15) is 4.79 Å². The molecule has 2 aromatic heterocycles. The van der Waals surface area contributed by atoms with E-state index in [0.717, 1.165) is 34.8 Å². The van der Waals surface area contributed by atoms with Crippen molar-refractivity contribution in [2.45, 2.75) is 26.3 Å². The zero-order valence-electron chi connectivity index (χ0n) is 13.8. The highest BCUT2D eigenvalue weighted by atomic mass is 16.2. The predicted octanol–water partition coefficient (Wildman–Crippen LogP) is 2.72. The number of hydrogen-bond acceptors (Lipinski definition) is 3. The van der Waals surface area contributed by atoms with E-state index in [1.54, 1.807) is 4.90 Å². The summed E-state index contributed by atoms with van der Waals surface area (Å²) in [4.78, 5) is 22.1. The van der Waals surface area contributed by atoms with E-state index in [0.29, 0.717) is 13.1 Å². The van der Waals surface area contributed by atoms with Crippen molar-refractivity contribution in [3.63, 3.8) is 0 Å². The van der Waals surface area contributed by atoms with Crippen LogP contribution >= 0.6 is 0 Å². The van der Waals surface area contributed by atoms with Crippen molar-refractivity contribution in [2.75, 3.05) is 18.4 Å². The number of H-pyrrole nitrogens is 1. The monoisotopic (exact) mass is 324 g/mol. The minimum absolute atomic E-state index is 0.0823. The maximum Gasteiger partial charge on any atom is 0.321 e. The number of carbonyl (C=O) groups excluding carboxylic acids is 1. The molecule has 0 spiro atoms. The van der Waals surface area contributed by atoms with Gasteiger partial charge in [-0.15, -0.1) is 0 Å². The Morgan fingerprint density at radius 3 is 2.88 bits per heavy atom. The Kier molecular flexibility index (Phi) is 3.48. The molecule has 0 aliphatic carbocycles. The van der Waals surface area contributed by atoms with Crippen LogP contribution in [0.1, 0.15) is 24.4 Å². The Bertz CT molecular complexity index is 857. The van der Waals surface area contributed by atoms with Gasteiger partial charge in [-0.05, 0) is 26.0 Å². The standard InChI is InChI=1S/C17H20N6O/c1-3-23-10-15(11(2)21-23)20-17(24)22-8-12(9-22)16-18-13-6-4-5-7-14(13)19-16/h4-7,10,12H,3,8-9H2,1-2H3,(H,18,19)(H,20,24). The molecule has 0 saturated carbocycles. The molecule has 4 rings (SSSR count). The topological polar surface area (TPSA) is 78.8 Å². The number of nitrogens with zero attached hydrogens (tertiary/aromatic N) is 4. The van der Waals surface area contributed by atoms with Gasteiger partial charge in [0.1, 0.15) is 5.82 Å². The number of imidazole rings is 1. The van der Waals surface area contributed by atoms with Gasteiger partial charge < -0.3 is 15.2 Å². The van der Waals surface area contributed by atoms with Gasteiger partial charge in [0, 0.05) is 25.8 Å². The maximum atomic E-state index is 12.3. The second kappa shape index (κ2) is 5.67. The van der Waals surface area contributed by atoms with E-state index in [1.807, 2.05) is 49.0 Å². The molecule has 0 radical (unpaired) electrons. The highest BCUT2D eigenvalue weighted by Gasteiger charge is 2.34. The van der Waals surface area contributed by atoms with E-state index in [4.69, 9.17) is 0 Å². The molecule has 0 unspecified atom stereocenters. The average Bonchev–Trinajstić information content (AvgIpc) is 3.09. The molecule has 124 valence electrons. The second-order valence-electron chi connectivity index (χ2n) is 6.16. The molecule has 1 saturated heterocycles. The first-order valence-corrected chi connectivity index (χ1v) is 8.18. The van der Waals surface area contributed by atoms with Crippen LogP contribution in [0.15, 0.2) is 30.5 Å². The number of likely N-dealkylation sites (tertiary alicyclic amines) is 1. The summed E-state index contributed by atoms with van der Waals surface area (Å²) in [5, 5.41) is 7.28. The second-order valence-corrected chi connectivity index (χ2v) is 6.16. The average molecular weight is 324 g/mol. The number of para-hydroxylation sites is 2. The number of rotatable bonds is 3. The summed E-state index contributed by atoms with van der Waals surface area (Å²) in [6.07, 6.45) is 1.86. The van der Waals surface area contributed by atoms with Gasteiger partial charge in [0.05, 0.1) is 28.3 Å². The number of aromatic amines is 1. The minimum atomic E-state index is -0.0823. The number of nitrogens with one attached hydrogen (secondary N) is 2. The van der Waals surface area contributed by atoms with Crippen molar-refractivity contribution in [1.29, 1.82) is 0 Å². The lowest BCUT2D eigenvalue weighted by atomic mass is 10.0. The first-order chi connectivity index (χ1) is 11.6. The van der Waals surface area contributed by atoms with Gasteiger partial charge >= 0.3 is 6.03 Å². The number of anilines is 1. The van der Waals surface area contributed by atoms with Gasteiger partial charge in [0.15, 0.2) is 0 Å². The highest BCUT2D eigenvalue weighted by Crippen LogP contribution is 2.27. The van der Waals surface area contributed by atoms with Crippen LogP contribution in [0.2, 0.25) is 0 Å². The Hall–Kier alpha value is -2.83. The van der Waals surface area contributed by atoms with Crippen molar-refractivity contribution in [2.24, 2.45) is 0 Å². The van der Waals surface area contributed by atoms with Gasteiger partial charge in [-0.2, -0.15) is 5.10 Å². The molecule has 7 heteroatoms. The van der Waals surface area contributed by atoms with Crippen molar-refractivity contribution < 1.29 is 4.79 Å². The molecule has 1 aliphatic heterocycles. The largest absolute Gasteiger partial charge is 0.342 e. The van der Waals surface area contributed by atoms with E-state index in [-0.39, 0.29) is 11.9 Å². The van der Waals surface area contributed by atoms with Crippen LogP contribution in [0.3, 0.4) is 0 Å². The molecule has 1 aliphatic rings. The number of aryl methyl sites for hydroxylation is 2.